The first-order chi connectivity index (χ1) is 11.6. The second kappa shape index (κ2) is 7.08. The van der Waals surface area contributed by atoms with Gasteiger partial charge < -0.3 is 15.3 Å². The third-order valence-corrected chi connectivity index (χ3v) is 4.52. The van der Waals surface area contributed by atoms with Gasteiger partial charge in [-0.15, -0.1) is 0 Å². The highest BCUT2D eigenvalue weighted by atomic mass is 16.6. The van der Waals surface area contributed by atoms with Gasteiger partial charge in [0.1, 0.15) is 11.2 Å². The normalized spacial score (nSPS) is 15.7. The molecule has 1 fully saturated rings. The molecule has 1 aliphatic heterocycles. The van der Waals surface area contributed by atoms with Crippen molar-refractivity contribution in [1.82, 2.24) is 5.32 Å². The molecule has 0 spiro atoms. The van der Waals surface area contributed by atoms with Crippen molar-refractivity contribution in [2.75, 3.05) is 18.0 Å². The van der Waals surface area contributed by atoms with Crippen molar-refractivity contribution in [2.24, 2.45) is 5.92 Å². The highest BCUT2D eigenvalue weighted by molar-refractivity contribution is 5.98. The molecular formula is C17H23N3O5. The third kappa shape index (κ3) is 4.26. The Labute approximate surface area is 146 Å². The number of nitrogens with zero attached hydrogens (tertiary/aromatic N) is 2. The standard InChI is InChI=1S/C17H23N3O5/c1-11-6-8-19(9-7-11)13-5-4-12(10-14(13)20(24)25)15(21)18-17(2,3)16(22)23/h4-5,10-11H,6-9H2,1-3H3,(H,18,21)(H,22,23). The third-order valence-electron chi connectivity index (χ3n) is 4.52. The Balaban J connectivity index is 2.28. The summed E-state index contributed by atoms with van der Waals surface area (Å²) in [6.45, 7) is 6.33. The average molecular weight is 349 g/mol. The fraction of sp³-hybridized carbons (Fsp3) is 0.529. The van der Waals surface area contributed by atoms with E-state index >= 15 is 0 Å². The number of piperidine rings is 1. The number of rotatable bonds is 5. The molecule has 2 N–H and O–H groups in total. The van der Waals surface area contributed by atoms with Gasteiger partial charge in [0, 0.05) is 24.7 Å². The fourth-order valence-corrected chi connectivity index (χ4v) is 2.74. The molecule has 8 heteroatoms. The van der Waals surface area contributed by atoms with Crippen LogP contribution >= 0.6 is 0 Å². The molecule has 1 amide bonds. The van der Waals surface area contributed by atoms with Gasteiger partial charge in [-0.05, 0) is 44.7 Å². The van der Waals surface area contributed by atoms with Crippen molar-refractivity contribution in [1.29, 1.82) is 0 Å². The first-order valence-electron chi connectivity index (χ1n) is 8.21. The molecule has 25 heavy (non-hydrogen) atoms. The van der Waals surface area contributed by atoms with E-state index in [1.165, 1.54) is 26.0 Å². The molecule has 0 saturated carbocycles. The summed E-state index contributed by atoms with van der Waals surface area (Å²) in [6.07, 6.45) is 1.93. The van der Waals surface area contributed by atoms with Crippen molar-refractivity contribution in [3.8, 4) is 0 Å². The molecule has 0 radical (unpaired) electrons. The Morgan fingerprint density at radius 2 is 1.92 bits per heavy atom. The van der Waals surface area contributed by atoms with Crippen LogP contribution in [0, 0.1) is 16.0 Å². The van der Waals surface area contributed by atoms with Gasteiger partial charge in [-0.2, -0.15) is 0 Å². The zero-order valence-electron chi connectivity index (χ0n) is 14.6. The number of nitrogens with one attached hydrogen (secondary N) is 1. The van der Waals surface area contributed by atoms with Crippen LogP contribution in [0.1, 0.15) is 44.0 Å². The maximum atomic E-state index is 12.3. The largest absolute Gasteiger partial charge is 0.480 e. The Kier molecular flexibility index (Phi) is 5.30. The molecule has 0 atom stereocenters. The van der Waals surface area contributed by atoms with Crippen LogP contribution in [0.4, 0.5) is 11.4 Å². The minimum absolute atomic E-state index is 0.0650. The zero-order valence-corrected chi connectivity index (χ0v) is 14.6. The van der Waals surface area contributed by atoms with Gasteiger partial charge in [-0.3, -0.25) is 14.9 Å². The van der Waals surface area contributed by atoms with E-state index in [1.54, 1.807) is 6.07 Å². The van der Waals surface area contributed by atoms with Gasteiger partial charge in [-0.25, -0.2) is 4.79 Å². The highest BCUT2D eigenvalue weighted by Gasteiger charge is 2.30. The molecule has 1 aromatic carbocycles. The second-order valence-corrected chi connectivity index (χ2v) is 7.01. The molecule has 1 aliphatic rings. The first-order valence-corrected chi connectivity index (χ1v) is 8.21. The van der Waals surface area contributed by atoms with E-state index in [4.69, 9.17) is 5.11 Å². The number of hydrogen-bond donors (Lipinski definition) is 2. The van der Waals surface area contributed by atoms with Gasteiger partial charge >= 0.3 is 5.97 Å². The maximum absolute atomic E-state index is 12.3. The van der Waals surface area contributed by atoms with Gasteiger partial charge in [-0.1, -0.05) is 6.92 Å². The van der Waals surface area contributed by atoms with Crippen molar-refractivity contribution >= 4 is 23.3 Å². The Morgan fingerprint density at radius 3 is 2.44 bits per heavy atom. The van der Waals surface area contributed by atoms with E-state index in [-0.39, 0.29) is 11.3 Å². The highest BCUT2D eigenvalue weighted by Crippen LogP contribution is 2.32. The van der Waals surface area contributed by atoms with E-state index in [2.05, 4.69) is 12.2 Å². The number of carboxylic acid groups (broad SMARTS) is 1. The lowest BCUT2D eigenvalue weighted by Crippen LogP contribution is -2.49. The number of nitro groups is 1. The number of carboxylic acids is 1. The summed E-state index contributed by atoms with van der Waals surface area (Å²) in [5.74, 6) is -1.25. The lowest BCUT2D eigenvalue weighted by molar-refractivity contribution is -0.384. The number of carbonyl (C=O) groups is 2. The number of amides is 1. The van der Waals surface area contributed by atoms with Gasteiger partial charge in [0.25, 0.3) is 11.6 Å². The quantitative estimate of drug-likeness (QED) is 0.623. The molecule has 0 bridgehead atoms. The SMILES string of the molecule is CC1CCN(c2ccc(C(=O)NC(C)(C)C(=O)O)cc2[N+](=O)[O-])CC1. The lowest BCUT2D eigenvalue weighted by atomic mass is 9.98. The topological polar surface area (TPSA) is 113 Å². The Bertz CT molecular complexity index is 694. The van der Waals surface area contributed by atoms with Crippen molar-refractivity contribution in [3.05, 3.63) is 33.9 Å². The molecule has 0 aromatic heterocycles. The molecule has 0 unspecified atom stereocenters. The van der Waals surface area contributed by atoms with Crippen LogP contribution in [0.2, 0.25) is 0 Å². The molecule has 1 aromatic rings. The monoisotopic (exact) mass is 349 g/mol. The minimum Gasteiger partial charge on any atom is -0.480 e. The second-order valence-electron chi connectivity index (χ2n) is 7.01. The summed E-state index contributed by atoms with van der Waals surface area (Å²) in [5.41, 5.74) is -1.05. The summed E-state index contributed by atoms with van der Waals surface area (Å²) in [6, 6.07) is 4.27. The predicted octanol–water partition coefficient (Wildman–Crippen LogP) is 2.42. The number of benzene rings is 1. The van der Waals surface area contributed by atoms with Crippen LogP contribution < -0.4 is 10.2 Å². The van der Waals surface area contributed by atoms with Crippen LogP contribution in [0.25, 0.3) is 0 Å². The maximum Gasteiger partial charge on any atom is 0.328 e. The van der Waals surface area contributed by atoms with E-state index in [1.807, 2.05) is 4.90 Å². The van der Waals surface area contributed by atoms with Gasteiger partial charge in [0.05, 0.1) is 4.92 Å². The number of hydrogen-bond acceptors (Lipinski definition) is 5. The lowest BCUT2D eigenvalue weighted by Gasteiger charge is -2.31. The van der Waals surface area contributed by atoms with Crippen LogP contribution in [0.3, 0.4) is 0 Å². The molecule has 1 saturated heterocycles. The summed E-state index contributed by atoms with van der Waals surface area (Å²) in [7, 11) is 0. The van der Waals surface area contributed by atoms with E-state index in [0.717, 1.165) is 25.9 Å². The van der Waals surface area contributed by atoms with Crippen LogP contribution in [0.15, 0.2) is 18.2 Å². The summed E-state index contributed by atoms with van der Waals surface area (Å²) < 4.78 is 0. The number of nitro benzene ring substituents is 1. The molecular weight excluding hydrogens is 326 g/mol. The molecule has 136 valence electrons. The van der Waals surface area contributed by atoms with Crippen LogP contribution in [-0.2, 0) is 4.79 Å². The fourth-order valence-electron chi connectivity index (χ4n) is 2.74. The van der Waals surface area contributed by atoms with Gasteiger partial charge in [0.15, 0.2) is 0 Å². The van der Waals surface area contributed by atoms with E-state index in [9.17, 15) is 19.7 Å². The Hall–Kier alpha value is -2.64. The molecule has 2 rings (SSSR count). The van der Waals surface area contributed by atoms with E-state index in [0.29, 0.717) is 11.6 Å². The van der Waals surface area contributed by atoms with Crippen molar-refractivity contribution in [3.63, 3.8) is 0 Å². The molecule has 8 nitrogen and oxygen atoms in total. The number of carbonyl (C=O) groups excluding carboxylic acids is 1. The smallest absolute Gasteiger partial charge is 0.328 e. The Morgan fingerprint density at radius 1 is 1.32 bits per heavy atom. The number of aliphatic carboxylic acids is 1. The van der Waals surface area contributed by atoms with Crippen molar-refractivity contribution < 1.29 is 19.6 Å². The molecule has 0 aliphatic carbocycles. The van der Waals surface area contributed by atoms with Crippen LogP contribution in [-0.4, -0.2) is 40.5 Å². The van der Waals surface area contributed by atoms with E-state index < -0.39 is 22.3 Å². The number of anilines is 1. The summed E-state index contributed by atoms with van der Waals surface area (Å²) in [5, 5.41) is 22.9. The minimum atomic E-state index is -1.46. The molecule has 1 heterocycles. The average Bonchev–Trinajstić information content (AvgIpc) is 2.54. The predicted molar refractivity (Wildman–Crippen MR) is 92.9 cm³/mol. The van der Waals surface area contributed by atoms with Crippen LogP contribution in [0.5, 0.6) is 0 Å². The zero-order chi connectivity index (χ0) is 18.8. The first kappa shape index (κ1) is 18.7. The van der Waals surface area contributed by atoms with Crippen molar-refractivity contribution in [2.45, 2.75) is 39.2 Å². The van der Waals surface area contributed by atoms with Gasteiger partial charge in [0.2, 0.25) is 0 Å². The summed E-state index contributed by atoms with van der Waals surface area (Å²) in [4.78, 5) is 36.3. The summed E-state index contributed by atoms with van der Waals surface area (Å²) >= 11 is 0.